The van der Waals surface area contributed by atoms with E-state index < -0.39 is 0 Å². The minimum atomic E-state index is -0.0349. The number of nitrogens with zero attached hydrogens (tertiary/aromatic N) is 3. The molecule has 0 saturated carbocycles. The highest BCUT2D eigenvalue weighted by molar-refractivity contribution is 6.30. The van der Waals surface area contributed by atoms with Crippen LogP contribution in [0, 0.1) is 13.8 Å². The van der Waals surface area contributed by atoms with Crippen LogP contribution in [0.5, 0.6) is 5.75 Å². The van der Waals surface area contributed by atoms with E-state index >= 15 is 0 Å². The Hall–Kier alpha value is -2.79. The van der Waals surface area contributed by atoms with Crippen LogP contribution in [0.2, 0.25) is 5.02 Å². The summed E-state index contributed by atoms with van der Waals surface area (Å²) in [5.41, 5.74) is 3.89. The fourth-order valence-electron chi connectivity index (χ4n) is 2.94. The second-order valence-electron chi connectivity index (χ2n) is 6.81. The Morgan fingerprint density at radius 3 is 2.54 bits per heavy atom. The van der Waals surface area contributed by atoms with E-state index in [1.165, 1.54) is 0 Å². The Kier molecular flexibility index (Phi) is 6.37. The van der Waals surface area contributed by atoms with Gasteiger partial charge < -0.3 is 9.64 Å². The van der Waals surface area contributed by atoms with Crippen molar-refractivity contribution in [2.75, 3.05) is 20.2 Å². The summed E-state index contributed by atoms with van der Waals surface area (Å²) in [5, 5.41) is 5.10. The van der Waals surface area contributed by atoms with Crippen LogP contribution in [0.1, 0.15) is 27.3 Å². The largest absolute Gasteiger partial charge is 0.492 e. The van der Waals surface area contributed by atoms with E-state index in [1.807, 2.05) is 54.9 Å². The lowest BCUT2D eigenvalue weighted by molar-refractivity contribution is 0.0774. The van der Waals surface area contributed by atoms with Crippen molar-refractivity contribution in [3.05, 3.63) is 82.1 Å². The van der Waals surface area contributed by atoms with Gasteiger partial charge in [-0.05, 0) is 55.8 Å². The van der Waals surface area contributed by atoms with Crippen molar-refractivity contribution >= 4 is 17.5 Å². The van der Waals surface area contributed by atoms with Crippen molar-refractivity contribution in [2.45, 2.75) is 20.4 Å². The Morgan fingerprint density at radius 2 is 1.89 bits per heavy atom. The summed E-state index contributed by atoms with van der Waals surface area (Å²) < 4.78 is 7.62. The number of rotatable bonds is 7. The molecule has 0 fully saturated rings. The first-order valence-electron chi connectivity index (χ1n) is 9.16. The van der Waals surface area contributed by atoms with Crippen LogP contribution in [0.4, 0.5) is 0 Å². The first-order valence-corrected chi connectivity index (χ1v) is 9.54. The first-order chi connectivity index (χ1) is 13.4. The van der Waals surface area contributed by atoms with E-state index in [0.29, 0.717) is 36.0 Å². The number of hydrogen-bond acceptors (Lipinski definition) is 3. The average Bonchev–Trinajstić information content (AvgIpc) is 2.98. The van der Waals surface area contributed by atoms with Crippen molar-refractivity contribution < 1.29 is 9.53 Å². The monoisotopic (exact) mass is 397 g/mol. The molecule has 0 spiro atoms. The van der Waals surface area contributed by atoms with Crippen LogP contribution in [0.15, 0.2) is 54.6 Å². The first kappa shape index (κ1) is 20.0. The van der Waals surface area contributed by atoms with Gasteiger partial charge in [-0.1, -0.05) is 29.8 Å². The maximum absolute atomic E-state index is 12.6. The second-order valence-corrected chi connectivity index (χ2v) is 7.25. The lowest BCUT2D eigenvalue weighted by atomic mass is 10.1. The number of hydrogen-bond donors (Lipinski definition) is 0. The van der Waals surface area contributed by atoms with Crippen molar-refractivity contribution in [2.24, 2.45) is 0 Å². The van der Waals surface area contributed by atoms with Crippen LogP contribution >= 0.6 is 11.6 Å². The molecule has 1 aromatic heterocycles. The van der Waals surface area contributed by atoms with E-state index in [1.54, 1.807) is 24.1 Å². The zero-order valence-corrected chi connectivity index (χ0v) is 17.1. The molecule has 6 heteroatoms. The molecule has 5 nitrogen and oxygen atoms in total. The molecular weight excluding hydrogens is 374 g/mol. The smallest absolute Gasteiger partial charge is 0.253 e. The van der Waals surface area contributed by atoms with Crippen LogP contribution in [-0.2, 0) is 6.54 Å². The second kappa shape index (κ2) is 8.93. The van der Waals surface area contributed by atoms with Crippen molar-refractivity contribution in [1.29, 1.82) is 0 Å². The summed E-state index contributed by atoms with van der Waals surface area (Å²) in [6.07, 6.45) is 0. The molecule has 0 aliphatic heterocycles. The maximum atomic E-state index is 12.6. The van der Waals surface area contributed by atoms with Gasteiger partial charge in [-0.2, -0.15) is 5.10 Å². The normalized spacial score (nSPS) is 10.7. The van der Waals surface area contributed by atoms with E-state index in [2.05, 4.69) is 11.2 Å². The van der Waals surface area contributed by atoms with E-state index in [0.717, 1.165) is 17.0 Å². The number of benzene rings is 2. The molecule has 146 valence electrons. The molecule has 0 unspecified atom stereocenters. The fourth-order valence-corrected chi connectivity index (χ4v) is 3.12. The van der Waals surface area contributed by atoms with Crippen molar-refractivity contribution in [3.63, 3.8) is 0 Å². The summed E-state index contributed by atoms with van der Waals surface area (Å²) in [7, 11) is 1.77. The van der Waals surface area contributed by atoms with E-state index in [9.17, 15) is 4.79 Å². The predicted molar refractivity (Wildman–Crippen MR) is 111 cm³/mol. The molecule has 0 N–H and O–H groups in total. The van der Waals surface area contributed by atoms with Crippen LogP contribution in [0.25, 0.3) is 0 Å². The molecule has 0 bridgehead atoms. The summed E-state index contributed by atoms with van der Waals surface area (Å²) in [5.74, 6) is 0.661. The van der Waals surface area contributed by atoms with Crippen LogP contribution in [-0.4, -0.2) is 40.8 Å². The fraction of sp³-hybridized carbons (Fsp3) is 0.273. The maximum Gasteiger partial charge on any atom is 0.253 e. The quantitative estimate of drug-likeness (QED) is 0.595. The third-order valence-electron chi connectivity index (χ3n) is 4.47. The van der Waals surface area contributed by atoms with Gasteiger partial charge in [0.1, 0.15) is 12.4 Å². The molecule has 0 aliphatic carbocycles. The number of carbonyl (C=O) groups excluding carboxylic acids is 1. The lowest BCUT2D eigenvalue weighted by Crippen LogP contribution is -2.30. The third-order valence-corrected chi connectivity index (χ3v) is 4.71. The molecule has 0 atom stereocenters. The van der Waals surface area contributed by atoms with Gasteiger partial charge in [-0.25, -0.2) is 0 Å². The molecule has 0 aliphatic rings. The highest BCUT2D eigenvalue weighted by Gasteiger charge is 2.12. The number of aryl methyl sites for hydroxylation is 2. The van der Waals surface area contributed by atoms with Gasteiger partial charge in [0.15, 0.2) is 0 Å². The minimum absolute atomic E-state index is 0.0349. The molecule has 2 aromatic carbocycles. The SMILES string of the molecule is Cc1cc(C)n(Cc2ccc(C(=O)N(C)CCOc3cccc(Cl)c3)cc2)n1. The Bertz CT molecular complexity index is 951. The Labute approximate surface area is 170 Å². The minimum Gasteiger partial charge on any atom is -0.492 e. The topological polar surface area (TPSA) is 47.4 Å². The zero-order valence-electron chi connectivity index (χ0n) is 16.4. The van der Waals surface area contributed by atoms with Gasteiger partial charge in [-0.3, -0.25) is 9.48 Å². The summed E-state index contributed by atoms with van der Waals surface area (Å²) in [6.45, 7) is 5.60. The number of likely N-dealkylation sites (N-methyl/N-ethyl adjacent to an activating group) is 1. The lowest BCUT2D eigenvalue weighted by Gasteiger charge is -2.18. The highest BCUT2D eigenvalue weighted by Crippen LogP contribution is 2.17. The van der Waals surface area contributed by atoms with E-state index in [-0.39, 0.29) is 5.91 Å². The van der Waals surface area contributed by atoms with Crippen molar-refractivity contribution in [1.82, 2.24) is 14.7 Å². The van der Waals surface area contributed by atoms with Crippen LogP contribution in [0.3, 0.4) is 0 Å². The molecular formula is C22H24ClN3O2. The number of halogens is 1. The van der Waals surface area contributed by atoms with Gasteiger partial charge in [0.2, 0.25) is 0 Å². The molecule has 0 saturated heterocycles. The number of carbonyl (C=O) groups is 1. The van der Waals surface area contributed by atoms with E-state index in [4.69, 9.17) is 16.3 Å². The number of aromatic nitrogens is 2. The van der Waals surface area contributed by atoms with Crippen LogP contribution < -0.4 is 4.74 Å². The summed E-state index contributed by atoms with van der Waals surface area (Å²) >= 11 is 5.94. The molecule has 1 amide bonds. The predicted octanol–water partition coefficient (Wildman–Crippen LogP) is 4.35. The molecule has 3 rings (SSSR count). The van der Waals surface area contributed by atoms with Gasteiger partial charge in [0, 0.05) is 23.3 Å². The third kappa shape index (κ3) is 5.14. The Morgan fingerprint density at radius 1 is 1.14 bits per heavy atom. The Balaban J connectivity index is 1.53. The molecule has 1 heterocycles. The summed E-state index contributed by atoms with van der Waals surface area (Å²) in [6, 6.07) is 16.9. The zero-order chi connectivity index (χ0) is 20.1. The standard InChI is InChI=1S/C22H24ClN3O2/c1-16-13-17(2)26(24-16)15-18-7-9-19(10-8-18)22(27)25(3)11-12-28-21-6-4-5-20(23)14-21/h4-10,13-14H,11-12,15H2,1-3H3. The highest BCUT2D eigenvalue weighted by atomic mass is 35.5. The van der Waals surface area contributed by atoms with Crippen molar-refractivity contribution in [3.8, 4) is 5.75 Å². The van der Waals surface area contributed by atoms with Gasteiger partial charge in [-0.15, -0.1) is 0 Å². The summed E-state index contributed by atoms with van der Waals surface area (Å²) in [4.78, 5) is 14.3. The molecule has 0 radical (unpaired) electrons. The van der Waals surface area contributed by atoms with Gasteiger partial charge in [0.05, 0.1) is 18.8 Å². The molecule has 3 aromatic rings. The van der Waals surface area contributed by atoms with Gasteiger partial charge in [0.25, 0.3) is 5.91 Å². The number of amides is 1. The molecule has 28 heavy (non-hydrogen) atoms. The van der Waals surface area contributed by atoms with Gasteiger partial charge >= 0.3 is 0 Å². The number of ether oxygens (including phenoxy) is 1. The average molecular weight is 398 g/mol.